The van der Waals surface area contributed by atoms with Gasteiger partial charge in [-0.2, -0.15) is 5.10 Å². The Bertz CT molecular complexity index is 666. The molecule has 6 heteroatoms. The number of hydrogen-bond donors (Lipinski definition) is 0. The summed E-state index contributed by atoms with van der Waals surface area (Å²) >= 11 is 0. The van der Waals surface area contributed by atoms with Crippen molar-refractivity contribution in [1.82, 2.24) is 19.7 Å². The molecule has 2 aromatic rings. The van der Waals surface area contributed by atoms with Gasteiger partial charge in [0.25, 0.3) is 0 Å². The third-order valence-electron chi connectivity index (χ3n) is 4.12. The quantitative estimate of drug-likeness (QED) is 0.855. The zero-order valence-corrected chi connectivity index (χ0v) is 13.2. The highest BCUT2D eigenvalue weighted by atomic mass is 16.2. The van der Waals surface area contributed by atoms with Gasteiger partial charge in [0.1, 0.15) is 5.82 Å². The molecule has 0 radical (unpaired) electrons. The van der Waals surface area contributed by atoms with Gasteiger partial charge >= 0.3 is 0 Å². The van der Waals surface area contributed by atoms with Gasteiger partial charge in [0.05, 0.1) is 11.7 Å². The smallest absolute Gasteiger partial charge is 0.245 e. The summed E-state index contributed by atoms with van der Waals surface area (Å²) in [6.07, 6.45) is 4.44. The number of carbonyl (C=O) groups is 1. The van der Waals surface area contributed by atoms with Crippen molar-refractivity contribution < 1.29 is 4.79 Å². The summed E-state index contributed by atoms with van der Waals surface area (Å²) < 4.78 is 1.77. The number of aryl methyl sites for hydroxylation is 2. The van der Waals surface area contributed by atoms with E-state index in [1.807, 2.05) is 50.3 Å². The second kappa shape index (κ2) is 5.88. The van der Waals surface area contributed by atoms with Crippen LogP contribution in [0.4, 0.5) is 5.82 Å². The Morgan fingerprint density at radius 3 is 2.91 bits per heavy atom. The van der Waals surface area contributed by atoms with Crippen molar-refractivity contribution in [2.45, 2.75) is 25.9 Å². The molecule has 22 heavy (non-hydrogen) atoms. The van der Waals surface area contributed by atoms with Gasteiger partial charge in [-0.25, -0.2) is 0 Å². The fraction of sp³-hybridized carbons (Fsp3) is 0.438. The molecule has 2 aromatic heterocycles. The van der Waals surface area contributed by atoms with Crippen LogP contribution in [0.1, 0.15) is 17.7 Å². The van der Waals surface area contributed by atoms with E-state index in [-0.39, 0.29) is 11.9 Å². The summed E-state index contributed by atoms with van der Waals surface area (Å²) in [5, 5.41) is 4.33. The van der Waals surface area contributed by atoms with Crippen LogP contribution in [0.5, 0.6) is 0 Å². The van der Waals surface area contributed by atoms with Crippen LogP contribution in [0.3, 0.4) is 0 Å². The van der Waals surface area contributed by atoms with Gasteiger partial charge in [0, 0.05) is 38.6 Å². The van der Waals surface area contributed by atoms with E-state index in [2.05, 4.69) is 15.0 Å². The fourth-order valence-corrected chi connectivity index (χ4v) is 3.04. The minimum Gasteiger partial charge on any atom is -0.296 e. The van der Waals surface area contributed by atoms with Crippen molar-refractivity contribution in [3.63, 3.8) is 0 Å². The molecule has 1 amide bonds. The normalized spacial score (nSPS) is 18.5. The lowest BCUT2D eigenvalue weighted by Crippen LogP contribution is -2.39. The molecular formula is C16H21N5O. The Balaban J connectivity index is 1.72. The highest BCUT2D eigenvalue weighted by Crippen LogP contribution is 2.24. The Kier molecular flexibility index (Phi) is 3.94. The number of likely N-dealkylation sites (N-methyl/N-ethyl adjacent to an activating group) is 1. The molecular weight excluding hydrogens is 278 g/mol. The molecule has 1 saturated heterocycles. The average molecular weight is 299 g/mol. The number of aromatic nitrogens is 3. The molecule has 1 aliphatic heterocycles. The molecule has 0 unspecified atom stereocenters. The predicted molar refractivity (Wildman–Crippen MR) is 84.4 cm³/mol. The summed E-state index contributed by atoms with van der Waals surface area (Å²) in [6, 6.07) is 5.83. The van der Waals surface area contributed by atoms with Crippen LogP contribution in [0.15, 0.2) is 30.6 Å². The molecule has 0 spiro atoms. The molecule has 1 fully saturated rings. The first-order valence-electron chi connectivity index (χ1n) is 7.47. The lowest BCUT2D eigenvalue weighted by molar-refractivity contribution is -0.121. The third kappa shape index (κ3) is 2.74. The zero-order valence-electron chi connectivity index (χ0n) is 13.2. The average Bonchev–Trinajstić information content (AvgIpc) is 3.02. The maximum atomic E-state index is 12.7. The second-order valence-electron chi connectivity index (χ2n) is 5.84. The zero-order chi connectivity index (χ0) is 15.7. The highest BCUT2D eigenvalue weighted by molar-refractivity contribution is 5.98. The molecule has 0 bridgehead atoms. The molecule has 3 heterocycles. The first-order valence-corrected chi connectivity index (χ1v) is 7.47. The van der Waals surface area contributed by atoms with Crippen LogP contribution in [0, 0.1) is 6.92 Å². The summed E-state index contributed by atoms with van der Waals surface area (Å²) in [7, 11) is 3.87. The van der Waals surface area contributed by atoms with Crippen molar-refractivity contribution in [3.05, 3.63) is 41.9 Å². The summed E-state index contributed by atoms with van der Waals surface area (Å²) in [5.41, 5.74) is 2.05. The molecule has 0 aliphatic carbocycles. The van der Waals surface area contributed by atoms with Crippen molar-refractivity contribution in [3.8, 4) is 0 Å². The SMILES string of the molecule is Cc1cc(N2CC[C@@H](N(C)Cc3cccnc3)C2=O)n(C)n1. The van der Waals surface area contributed by atoms with Gasteiger partial charge in [0.2, 0.25) is 5.91 Å². The number of anilines is 1. The van der Waals surface area contributed by atoms with E-state index < -0.39 is 0 Å². The standard InChI is InChI=1S/C16H21N5O/c1-12-9-15(20(3)18-12)21-8-6-14(16(21)22)19(2)11-13-5-4-7-17-10-13/h4-5,7,9-10,14H,6,8,11H2,1-3H3/t14-/m1/s1. The third-order valence-corrected chi connectivity index (χ3v) is 4.12. The molecule has 0 saturated carbocycles. The van der Waals surface area contributed by atoms with Crippen LogP contribution < -0.4 is 4.90 Å². The Morgan fingerprint density at radius 1 is 1.45 bits per heavy atom. The van der Waals surface area contributed by atoms with Gasteiger partial charge in [-0.05, 0) is 32.0 Å². The van der Waals surface area contributed by atoms with Crippen LogP contribution >= 0.6 is 0 Å². The highest BCUT2D eigenvalue weighted by Gasteiger charge is 2.36. The fourth-order valence-electron chi connectivity index (χ4n) is 3.04. The Hall–Kier alpha value is -2.21. The number of pyridine rings is 1. The van der Waals surface area contributed by atoms with Crippen molar-refractivity contribution in [2.24, 2.45) is 7.05 Å². The summed E-state index contributed by atoms with van der Waals surface area (Å²) in [5.74, 6) is 1.02. The van der Waals surface area contributed by atoms with E-state index in [0.717, 1.165) is 36.6 Å². The molecule has 3 rings (SSSR count). The van der Waals surface area contributed by atoms with Gasteiger partial charge < -0.3 is 0 Å². The van der Waals surface area contributed by atoms with Crippen LogP contribution in [-0.2, 0) is 18.4 Å². The molecule has 0 N–H and O–H groups in total. The number of carbonyl (C=O) groups excluding carboxylic acids is 1. The maximum Gasteiger partial charge on any atom is 0.245 e. The minimum atomic E-state index is -0.0876. The second-order valence-corrected chi connectivity index (χ2v) is 5.84. The largest absolute Gasteiger partial charge is 0.296 e. The topological polar surface area (TPSA) is 54.3 Å². The minimum absolute atomic E-state index is 0.0876. The van der Waals surface area contributed by atoms with E-state index >= 15 is 0 Å². The lowest BCUT2D eigenvalue weighted by Gasteiger charge is -2.23. The first kappa shape index (κ1) is 14.7. The molecule has 1 atom stereocenters. The van der Waals surface area contributed by atoms with E-state index in [4.69, 9.17) is 0 Å². The molecule has 116 valence electrons. The number of rotatable bonds is 4. The Morgan fingerprint density at radius 2 is 2.27 bits per heavy atom. The van der Waals surface area contributed by atoms with Crippen molar-refractivity contribution in [2.75, 3.05) is 18.5 Å². The van der Waals surface area contributed by atoms with Crippen LogP contribution in [0.2, 0.25) is 0 Å². The van der Waals surface area contributed by atoms with Crippen molar-refractivity contribution in [1.29, 1.82) is 0 Å². The molecule has 6 nitrogen and oxygen atoms in total. The van der Waals surface area contributed by atoms with Gasteiger partial charge in [-0.15, -0.1) is 0 Å². The molecule has 1 aliphatic rings. The van der Waals surface area contributed by atoms with E-state index in [1.54, 1.807) is 10.9 Å². The monoisotopic (exact) mass is 299 g/mol. The van der Waals surface area contributed by atoms with E-state index in [0.29, 0.717) is 0 Å². The van der Waals surface area contributed by atoms with E-state index in [9.17, 15) is 4.79 Å². The van der Waals surface area contributed by atoms with Gasteiger partial charge in [-0.1, -0.05) is 6.07 Å². The molecule has 0 aromatic carbocycles. The Labute approximate surface area is 130 Å². The number of hydrogen-bond acceptors (Lipinski definition) is 4. The number of nitrogens with zero attached hydrogens (tertiary/aromatic N) is 5. The van der Waals surface area contributed by atoms with Crippen LogP contribution in [0.25, 0.3) is 0 Å². The summed E-state index contributed by atoms with van der Waals surface area (Å²) in [4.78, 5) is 20.8. The predicted octanol–water partition coefficient (Wildman–Crippen LogP) is 1.36. The van der Waals surface area contributed by atoms with Crippen molar-refractivity contribution >= 4 is 11.7 Å². The van der Waals surface area contributed by atoms with Gasteiger partial charge in [0.15, 0.2) is 0 Å². The maximum absolute atomic E-state index is 12.7. The first-order chi connectivity index (χ1) is 10.6. The number of amides is 1. The van der Waals surface area contributed by atoms with Gasteiger partial charge in [-0.3, -0.25) is 24.3 Å². The summed E-state index contributed by atoms with van der Waals surface area (Å²) in [6.45, 7) is 3.40. The van der Waals surface area contributed by atoms with E-state index in [1.165, 1.54) is 0 Å². The van der Waals surface area contributed by atoms with Crippen LogP contribution in [-0.4, -0.2) is 45.2 Å². The lowest BCUT2D eigenvalue weighted by atomic mass is 10.2.